The quantitative estimate of drug-likeness (QED) is 0.868. The van der Waals surface area contributed by atoms with E-state index in [0.29, 0.717) is 17.1 Å². The first-order valence-electron chi connectivity index (χ1n) is 6.01. The summed E-state index contributed by atoms with van der Waals surface area (Å²) >= 11 is 0. The molecular weight excluding hydrogens is 268 g/mol. The Kier molecular flexibility index (Phi) is 3.87. The lowest BCUT2D eigenvalue weighted by atomic mass is 10.0. The highest BCUT2D eigenvalue weighted by Gasteiger charge is 2.11. The van der Waals surface area contributed by atoms with Crippen LogP contribution < -0.4 is 0 Å². The van der Waals surface area contributed by atoms with Gasteiger partial charge in [-0.15, -0.1) is 0 Å². The number of carboxylic acids is 1. The SMILES string of the molecule is Cc1ccc(C(=O)O)cc1-c1ccc(C=C(C#N)C#N)o1. The van der Waals surface area contributed by atoms with Gasteiger partial charge >= 0.3 is 5.97 Å². The monoisotopic (exact) mass is 278 g/mol. The highest BCUT2D eigenvalue weighted by atomic mass is 16.4. The number of hydrogen-bond donors (Lipinski definition) is 1. The minimum Gasteiger partial charge on any atom is -0.478 e. The van der Waals surface area contributed by atoms with Crippen molar-refractivity contribution in [2.75, 3.05) is 0 Å². The summed E-state index contributed by atoms with van der Waals surface area (Å²) in [5, 5.41) is 26.4. The maximum absolute atomic E-state index is 11.0. The zero-order valence-electron chi connectivity index (χ0n) is 11.1. The summed E-state index contributed by atoms with van der Waals surface area (Å²) in [6.45, 7) is 1.84. The molecule has 5 heteroatoms. The summed E-state index contributed by atoms with van der Waals surface area (Å²) < 4.78 is 5.55. The Morgan fingerprint density at radius 3 is 2.57 bits per heavy atom. The third-order valence-corrected chi connectivity index (χ3v) is 2.90. The molecule has 2 rings (SSSR count). The van der Waals surface area contributed by atoms with Gasteiger partial charge in [0, 0.05) is 11.6 Å². The van der Waals surface area contributed by atoms with Crippen molar-refractivity contribution in [3.8, 4) is 23.5 Å². The molecule has 1 aromatic heterocycles. The minimum atomic E-state index is -1.01. The molecule has 1 N–H and O–H groups in total. The van der Waals surface area contributed by atoms with Crippen molar-refractivity contribution < 1.29 is 14.3 Å². The average Bonchev–Trinajstić information content (AvgIpc) is 2.93. The summed E-state index contributed by atoms with van der Waals surface area (Å²) in [4.78, 5) is 11.0. The highest BCUT2D eigenvalue weighted by molar-refractivity contribution is 5.89. The molecule has 0 saturated carbocycles. The Hall–Kier alpha value is -3.31. The molecular formula is C16H10N2O3. The van der Waals surface area contributed by atoms with Gasteiger partial charge in [0.2, 0.25) is 0 Å². The Morgan fingerprint density at radius 2 is 1.95 bits per heavy atom. The zero-order chi connectivity index (χ0) is 15.4. The van der Waals surface area contributed by atoms with Gasteiger partial charge in [0.1, 0.15) is 29.2 Å². The van der Waals surface area contributed by atoms with Gasteiger partial charge in [-0.2, -0.15) is 10.5 Å². The Morgan fingerprint density at radius 1 is 1.24 bits per heavy atom. The molecule has 0 aliphatic carbocycles. The molecule has 21 heavy (non-hydrogen) atoms. The number of aryl methyl sites for hydroxylation is 1. The van der Waals surface area contributed by atoms with Crippen molar-refractivity contribution in [2.45, 2.75) is 6.92 Å². The van der Waals surface area contributed by atoms with E-state index in [1.807, 2.05) is 6.92 Å². The number of rotatable bonds is 3. The van der Waals surface area contributed by atoms with Crippen LogP contribution in [0, 0.1) is 29.6 Å². The lowest BCUT2D eigenvalue weighted by Gasteiger charge is -2.04. The molecule has 0 aliphatic rings. The van der Waals surface area contributed by atoms with Crippen molar-refractivity contribution in [3.05, 3.63) is 52.8 Å². The summed E-state index contributed by atoms with van der Waals surface area (Å²) in [6, 6.07) is 11.5. The fraction of sp³-hybridized carbons (Fsp3) is 0.0625. The van der Waals surface area contributed by atoms with Crippen molar-refractivity contribution in [3.63, 3.8) is 0 Å². The second kappa shape index (κ2) is 5.77. The topological polar surface area (TPSA) is 98.0 Å². The second-order valence-corrected chi connectivity index (χ2v) is 4.32. The summed E-state index contributed by atoms with van der Waals surface area (Å²) in [5.41, 5.74) is 1.63. The van der Waals surface area contributed by atoms with Crippen molar-refractivity contribution >= 4 is 12.0 Å². The number of benzene rings is 1. The van der Waals surface area contributed by atoms with Crippen LogP contribution in [0.25, 0.3) is 17.4 Å². The number of nitrogens with zero attached hydrogens (tertiary/aromatic N) is 2. The van der Waals surface area contributed by atoms with Gasteiger partial charge in [-0.05, 0) is 36.8 Å². The molecule has 0 amide bonds. The van der Waals surface area contributed by atoms with E-state index in [1.54, 1.807) is 30.3 Å². The average molecular weight is 278 g/mol. The molecule has 0 atom stereocenters. The van der Waals surface area contributed by atoms with E-state index >= 15 is 0 Å². The van der Waals surface area contributed by atoms with E-state index in [0.717, 1.165) is 5.56 Å². The smallest absolute Gasteiger partial charge is 0.335 e. The van der Waals surface area contributed by atoms with Gasteiger partial charge < -0.3 is 9.52 Å². The van der Waals surface area contributed by atoms with Gasteiger partial charge in [-0.1, -0.05) is 6.07 Å². The van der Waals surface area contributed by atoms with E-state index in [4.69, 9.17) is 20.0 Å². The summed E-state index contributed by atoms with van der Waals surface area (Å²) in [7, 11) is 0. The third-order valence-electron chi connectivity index (χ3n) is 2.90. The Labute approximate surface area is 121 Å². The zero-order valence-corrected chi connectivity index (χ0v) is 11.1. The van der Waals surface area contributed by atoms with Crippen LogP contribution in [0.3, 0.4) is 0 Å². The van der Waals surface area contributed by atoms with E-state index in [2.05, 4.69) is 0 Å². The molecule has 1 aromatic carbocycles. The van der Waals surface area contributed by atoms with Gasteiger partial charge in [0.05, 0.1) is 5.56 Å². The highest BCUT2D eigenvalue weighted by Crippen LogP contribution is 2.27. The molecule has 1 heterocycles. The first-order valence-corrected chi connectivity index (χ1v) is 6.01. The molecule has 0 unspecified atom stereocenters. The first kappa shape index (κ1) is 14.1. The normalized spacial score (nSPS) is 9.48. The molecule has 0 bridgehead atoms. The largest absolute Gasteiger partial charge is 0.478 e. The molecule has 0 fully saturated rings. The van der Waals surface area contributed by atoms with Gasteiger partial charge in [0.25, 0.3) is 0 Å². The summed E-state index contributed by atoms with van der Waals surface area (Å²) in [5.74, 6) is -0.167. The first-order chi connectivity index (χ1) is 10.0. The number of carboxylic acid groups (broad SMARTS) is 1. The number of hydrogen-bond acceptors (Lipinski definition) is 4. The number of aromatic carboxylic acids is 1. The van der Waals surface area contributed by atoms with Crippen LogP contribution in [-0.4, -0.2) is 11.1 Å². The van der Waals surface area contributed by atoms with Crippen molar-refractivity contribution in [2.24, 2.45) is 0 Å². The Balaban J connectivity index is 2.46. The maximum atomic E-state index is 11.0. The lowest BCUT2D eigenvalue weighted by molar-refractivity contribution is 0.0697. The second-order valence-electron chi connectivity index (χ2n) is 4.32. The Bertz CT molecular complexity index is 801. The van der Waals surface area contributed by atoms with Crippen LogP contribution in [0.1, 0.15) is 21.7 Å². The number of furan rings is 1. The number of nitriles is 2. The van der Waals surface area contributed by atoms with Crippen LogP contribution in [0.5, 0.6) is 0 Å². The summed E-state index contributed by atoms with van der Waals surface area (Å²) in [6.07, 6.45) is 1.33. The fourth-order valence-electron chi connectivity index (χ4n) is 1.83. The van der Waals surface area contributed by atoms with Crippen LogP contribution >= 0.6 is 0 Å². The maximum Gasteiger partial charge on any atom is 0.335 e. The molecule has 0 saturated heterocycles. The predicted molar refractivity (Wildman–Crippen MR) is 75.0 cm³/mol. The fourth-order valence-corrected chi connectivity index (χ4v) is 1.83. The van der Waals surface area contributed by atoms with Gasteiger partial charge in [-0.25, -0.2) is 4.79 Å². The predicted octanol–water partition coefficient (Wildman–Crippen LogP) is 3.38. The van der Waals surface area contributed by atoms with Gasteiger partial charge in [0.15, 0.2) is 0 Å². The van der Waals surface area contributed by atoms with Crippen LogP contribution in [-0.2, 0) is 0 Å². The molecule has 0 radical (unpaired) electrons. The van der Waals surface area contributed by atoms with Crippen LogP contribution in [0.4, 0.5) is 0 Å². The number of allylic oxidation sites excluding steroid dienone is 1. The van der Waals surface area contributed by atoms with E-state index in [-0.39, 0.29) is 11.1 Å². The molecule has 102 valence electrons. The molecule has 0 aliphatic heterocycles. The van der Waals surface area contributed by atoms with Crippen molar-refractivity contribution in [1.82, 2.24) is 0 Å². The molecule has 2 aromatic rings. The van der Waals surface area contributed by atoms with E-state index in [9.17, 15) is 4.79 Å². The van der Waals surface area contributed by atoms with E-state index < -0.39 is 5.97 Å². The molecule has 0 spiro atoms. The lowest BCUT2D eigenvalue weighted by Crippen LogP contribution is -1.96. The van der Waals surface area contributed by atoms with Crippen LogP contribution in [0.15, 0.2) is 40.3 Å². The van der Waals surface area contributed by atoms with Crippen molar-refractivity contribution in [1.29, 1.82) is 10.5 Å². The minimum absolute atomic E-state index is 0.0630. The van der Waals surface area contributed by atoms with E-state index in [1.165, 1.54) is 18.2 Å². The number of carbonyl (C=O) groups is 1. The van der Waals surface area contributed by atoms with Gasteiger partial charge in [-0.3, -0.25) is 0 Å². The third kappa shape index (κ3) is 2.99. The molecule has 5 nitrogen and oxygen atoms in total. The standard InChI is InChI=1S/C16H10N2O3/c1-10-2-3-12(16(19)20)7-14(10)15-5-4-13(21-15)6-11(8-17)9-18/h2-7H,1H3,(H,19,20). The van der Waals surface area contributed by atoms with Crippen LogP contribution in [0.2, 0.25) is 0 Å².